The SMILES string of the molecule is CC(=O)CCCC[C@H](C)[C@@H](C[C@H](O[Si](C)(C)C(C)(C)C)[C@@H](C)C(=O)O)OC(=O)[C@@H]1CCCN1C(=O)[C@@H](Cc1ccccc1)NC(=O)OCC1c2ccccc2-c2ccccc21. The quantitative estimate of drug-likeness (QED) is 0.0645. The van der Waals surface area contributed by atoms with Crippen molar-refractivity contribution in [1.82, 2.24) is 10.2 Å². The number of unbranched alkanes of at least 4 members (excludes halogenated alkanes) is 1. The maximum absolute atomic E-state index is 14.6. The van der Waals surface area contributed by atoms with E-state index < -0.39 is 62.5 Å². The molecule has 3 aromatic carbocycles. The Hall–Kier alpha value is -4.81. The minimum absolute atomic E-state index is 0.0831. The number of rotatable bonds is 20. The van der Waals surface area contributed by atoms with Gasteiger partial charge in [-0.1, -0.05) is 113 Å². The maximum atomic E-state index is 14.6. The molecule has 330 valence electrons. The van der Waals surface area contributed by atoms with Crippen molar-refractivity contribution in [2.24, 2.45) is 11.8 Å². The molecular weight excluding hydrogens is 789 g/mol. The third-order valence-corrected chi connectivity index (χ3v) is 17.5. The third kappa shape index (κ3) is 12.2. The molecule has 2 aliphatic rings. The second kappa shape index (κ2) is 20.8. The Labute approximate surface area is 363 Å². The molecule has 3 aromatic rings. The van der Waals surface area contributed by atoms with Gasteiger partial charge in [-0.3, -0.25) is 9.59 Å². The van der Waals surface area contributed by atoms with E-state index in [4.69, 9.17) is 13.9 Å². The highest BCUT2D eigenvalue weighted by Gasteiger charge is 2.44. The predicted molar refractivity (Wildman–Crippen MR) is 239 cm³/mol. The van der Waals surface area contributed by atoms with Gasteiger partial charge in [-0.15, -0.1) is 0 Å². The average Bonchev–Trinajstić information content (AvgIpc) is 3.83. The predicted octanol–water partition coefficient (Wildman–Crippen LogP) is 9.33. The summed E-state index contributed by atoms with van der Waals surface area (Å²) in [7, 11) is -2.46. The van der Waals surface area contributed by atoms with Gasteiger partial charge >= 0.3 is 18.0 Å². The highest BCUT2D eigenvalue weighted by Crippen LogP contribution is 2.44. The van der Waals surface area contributed by atoms with E-state index >= 15 is 0 Å². The number of hydrogen-bond donors (Lipinski definition) is 2. The number of esters is 1. The Morgan fingerprint density at radius 1 is 0.869 bits per heavy atom. The molecule has 12 heteroatoms. The van der Waals surface area contributed by atoms with Gasteiger partial charge in [0.05, 0.1) is 12.0 Å². The summed E-state index contributed by atoms with van der Waals surface area (Å²) in [5.41, 5.74) is 5.19. The number of nitrogens with zero attached hydrogens (tertiary/aromatic N) is 1. The topological polar surface area (TPSA) is 149 Å². The van der Waals surface area contributed by atoms with Crippen LogP contribution in [-0.4, -0.2) is 85.5 Å². The zero-order chi connectivity index (χ0) is 44.5. The molecular formula is C49H66N2O9Si. The Balaban J connectivity index is 1.34. The van der Waals surface area contributed by atoms with E-state index in [1.807, 2.05) is 73.7 Å². The van der Waals surface area contributed by atoms with E-state index in [-0.39, 0.29) is 42.1 Å². The first-order valence-corrected chi connectivity index (χ1v) is 24.8. The number of carbonyl (C=O) groups excluding carboxylic acids is 4. The molecule has 1 heterocycles. The number of carboxylic acids is 1. The zero-order valence-corrected chi connectivity index (χ0v) is 38.3. The molecule has 0 radical (unpaired) electrons. The zero-order valence-electron chi connectivity index (χ0n) is 37.3. The van der Waals surface area contributed by atoms with Crippen molar-refractivity contribution in [3.05, 3.63) is 95.6 Å². The van der Waals surface area contributed by atoms with Gasteiger partial charge in [0.15, 0.2) is 8.32 Å². The number of carbonyl (C=O) groups is 5. The number of likely N-dealkylation sites (tertiary alicyclic amines) is 1. The van der Waals surface area contributed by atoms with E-state index in [1.54, 1.807) is 13.8 Å². The normalized spacial score (nSPS) is 17.6. The second-order valence-corrected chi connectivity index (χ2v) is 23.3. The first-order valence-electron chi connectivity index (χ1n) is 21.9. The van der Waals surface area contributed by atoms with Crippen molar-refractivity contribution in [2.45, 2.75) is 141 Å². The number of aliphatic carboxylic acids is 1. The fourth-order valence-corrected chi connectivity index (χ4v) is 9.67. The van der Waals surface area contributed by atoms with Crippen LogP contribution in [0.5, 0.6) is 0 Å². The summed E-state index contributed by atoms with van der Waals surface area (Å²) in [4.78, 5) is 68.2. The van der Waals surface area contributed by atoms with Crippen LogP contribution in [0.15, 0.2) is 78.9 Å². The van der Waals surface area contributed by atoms with E-state index in [0.29, 0.717) is 38.6 Å². The smallest absolute Gasteiger partial charge is 0.407 e. The van der Waals surface area contributed by atoms with Gasteiger partial charge in [-0.25, -0.2) is 9.59 Å². The highest BCUT2D eigenvalue weighted by atomic mass is 28.4. The van der Waals surface area contributed by atoms with E-state index in [2.05, 4.69) is 51.3 Å². The number of carboxylic acid groups (broad SMARTS) is 1. The first kappa shape index (κ1) is 47.2. The lowest BCUT2D eigenvalue weighted by atomic mass is 9.90. The van der Waals surface area contributed by atoms with Gasteiger partial charge in [-0.2, -0.15) is 0 Å². The first-order chi connectivity index (χ1) is 28.9. The number of amides is 2. The summed E-state index contributed by atoms with van der Waals surface area (Å²) in [5.74, 6) is -3.08. The molecule has 0 unspecified atom stereocenters. The molecule has 0 aromatic heterocycles. The fraction of sp³-hybridized carbons (Fsp3) is 0.531. The van der Waals surface area contributed by atoms with Crippen molar-refractivity contribution in [3.8, 4) is 11.1 Å². The lowest BCUT2D eigenvalue weighted by Crippen LogP contribution is -2.53. The number of nitrogens with one attached hydrogen (secondary N) is 1. The van der Waals surface area contributed by atoms with E-state index in [1.165, 1.54) is 4.90 Å². The van der Waals surface area contributed by atoms with Gasteiger partial charge in [-0.05, 0) is 91.4 Å². The van der Waals surface area contributed by atoms with Crippen molar-refractivity contribution in [2.75, 3.05) is 13.2 Å². The third-order valence-electron chi connectivity index (χ3n) is 13.0. The maximum Gasteiger partial charge on any atom is 0.407 e. The van der Waals surface area contributed by atoms with Gasteiger partial charge in [0, 0.05) is 31.7 Å². The number of ketones is 1. The minimum atomic E-state index is -2.46. The Bertz CT molecular complexity index is 1950. The largest absolute Gasteiger partial charge is 0.481 e. The lowest BCUT2D eigenvalue weighted by Gasteiger charge is -2.41. The van der Waals surface area contributed by atoms with Gasteiger partial charge in [0.1, 0.15) is 30.6 Å². The fourth-order valence-electron chi connectivity index (χ4n) is 8.26. The van der Waals surface area contributed by atoms with Gasteiger partial charge in [0.25, 0.3) is 0 Å². The molecule has 2 N–H and O–H groups in total. The van der Waals surface area contributed by atoms with Crippen LogP contribution in [0.1, 0.15) is 109 Å². The lowest BCUT2D eigenvalue weighted by molar-refractivity contribution is -0.163. The summed E-state index contributed by atoms with van der Waals surface area (Å²) < 4.78 is 19.0. The number of benzene rings is 3. The molecule has 1 aliphatic carbocycles. The number of Topliss-reactive ketones (excluding diaryl/α,β-unsaturated/α-hetero) is 1. The van der Waals surface area contributed by atoms with Crippen molar-refractivity contribution in [1.29, 1.82) is 0 Å². The standard InChI is InChI=1S/C49H66N2O9Si/c1-32(19-12-13-20-33(2)52)43(30-44(34(3)46(54)55)60-61(7,8)49(4,5)6)59-47(56)42-27-18-28-51(42)45(53)41(29-35-21-10-9-11-22-35)50-48(57)58-31-40-38-25-16-14-23-36(38)37-24-15-17-26-39(37)40/h9-11,14-17,21-26,32,34,40-44H,12-13,18-20,27-31H2,1-8H3,(H,50,57)(H,54,55)/t32-,34+,41+,42-,43+,44-/m0/s1. The highest BCUT2D eigenvalue weighted by molar-refractivity contribution is 6.74. The van der Waals surface area contributed by atoms with Crippen LogP contribution in [0.4, 0.5) is 4.79 Å². The molecule has 1 aliphatic heterocycles. The number of hydrogen-bond acceptors (Lipinski definition) is 8. The van der Waals surface area contributed by atoms with Crippen LogP contribution in [0.2, 0.25) is 18.1 Å². The van der Waals surface area contributed by atoms with Crippen molar-refractivity contribution < 1.29 is 43.0 Å². The van der Waals surface area contributed by atoms with Crippen LogP contribution in [0, 0.1) is 11.8 Å². The van der Waals surface area contributed by atoms with Crippen LogP contribution >= 0.6 is 0 Å². The minimum Gasteiger partial charge on any atom is -0.481 e. The van der Waals surface area contributed by atoms with Crippen molar-refractivity contribution >= 4 is 38.0 Å². The molecule has 1 saturated heterocycles. The van der Waals surface area contributed by atoms with Crippen LogP contribution in [0.3, 0.4) is 0 Å². The molecule has 2 amide bonds. The summed E-state index contributed by atoms with van der Waals surface area (Å²) >= 11 is 0. The molecule has 11 nitrogen and oxygen atoms in total. The van der Waals surface area contributed by atoms with E-state index in [9.17, 15) is 29.1 Å². The Kier molecular flexibility index (Phi) is 16.1. The number of alkyl carbamates (subject to hydrolysis) is 1. The van der Waals surface area contributed by atoms with Crippen LogP contribution in [-0.2, 0) is 39.5 Å². The molecule has 6 atom stereocenters. The number of ether oxygens (including phenoxy) is 2. The van der Waals surface area contributed by atoms with E-state index in [0.717, 1.165) is 34.2 Å². The molecule has 0 spiro atoms. The van der Waals surface area contributed by atoms with Gasteiger partial charge in [0.2, 0.25) is 5.91 Å². The molecule has 1 fully saturated rings. The van der Waals surface area contributed by atoms with Crippen LogP contribution < -0.4 is 5.32 Å². The summed E-state index contributed by atoms with van der Waals surface area (Å²) in [6.07, 6.45) is 1.65. The molecule has 61 heavy (non-hydrogen) atoms. The Morgan fingerprint density at radius 2 is 1.48 bits per heavy atom. The second-order valence-electron chi connectivity index (χ2n) is 18.6. The molecule has 0 bridgehead atoms. The van der Waals surface area contributed by atoms with Crippen LogP contribution in [0.25, 0.3) is 11.1 Å². The van der Waals surface area contributed by atoms with Gasteiger partial charge < -0.3 is 34.0 Å². The van der Waals surface area contributed by atoms with Crippen molar-refractivity contribution in [3.63, 3.8) is 0 Å². The average molecular weight is 855 g/mol. The number of fused-ring (bicyclic) bond motifs is 3. The Morgan fingerprint density at radius 3 is 2.07 bits per heavy atom. The summed E-state index contributed by atoms with van der Waals surface area (Å²) in [5, 5.41) is 12.8. The summed E-state index contributed by atoms with van der Waals surface area (Å²) in [6.45, 7) is 16.0. The molecule has 0 saturated carbocycles. The summed E-state index contributed by atoms with van der Waals surface area (Å²) in [6, 6.07) is 23.6. The monoisotopic (exact) mass is 854 g/mol. The molecule has 5 rings (SSSR count).